The first-order valence-corrected chi connectivity index (χ1v) is 8.82. The number of benzene rings is 1. The third-order valence-electron chi connectivity index (χ3n) is 5.04. The van der Waals surface area contributed by atoms with Crippen molar-refractivity contribution in [2.75, 3.05) is 13.7 Å². The van der Waals surface area contributed by atoms with E-state index < -0.39 is 5.41 Å². The Bertz CT molecular complexity index is 516. The molecule has 0 saturated heterocycles. The zero-order chi connectivity index (χ0) is 16.7. The van der Waals surface area contributed by atoms with Gasteiger partial charge in [-0.2, -0.15) is 0 Å². The molecule has 0 aliphatic heterocycles. The lowest BCUT2D eigenvalue weighted by Gasteiger charge is -2.31. The second kappa shape index (κ2) is 9.90. The molecule has 1 aliphatic carbocycles. The summed E-state index contributed by atoms with van der Waals surface area (Å²) >= 11 is 0. The highest BCUT2D eigenvalue weighted by molar-refractivity contribution is 5.89. The summed E-state index contributed by atoms with van der Waals surface area (Å²) < 4.78 is 5.34. The number of nitrogens with one attached hydrogen (secondary N) is 1. The molecule has 24 heavy (non-hydrogen) atoms. The Morgan fingerprint density at radius 2 is 2.08 bits per heavy atom. The summed E-state index contributed by atoms with van der Waals surface area (Å²) in [4.78, 5) is 13.1. The van der Waals surface area contributed by atoms with Gasteiger partial charge >= 0.3 is 0 Å². The van der Waals surface area contributed by atoms with E-state index in [0.717, 1.165) is 56.3 Å². The highest BCUT2D eigenvalue weighted by Crippen LogP contribution is 2.42. The molecule has 0 aromatic heterocycles. The molecule has 4 nitrogen and oxygen atoms in total. The van der Waals surface area contributed by atoms with Crippen LogP contribution >= 0.6 is 12.4 Å². The first-order valence-electron chi connectivity index (χ1n) is 8.82. The maximum absolute atomic E-state index is 13.1. The Morgan fingerprint density at radius 3 is 2.67 bits per heavy atom. The molecule has 136 valence electrons. The molecule has 0 radical (unpaired) electrons. The van der Waals surface area contributed by atoms with Crippen LogP contribution in [0.3, 0.4) is 0 Å². The van der Waals surface area contributed by atoms with Crippen LogP contribution in [0.2, 0.25) is 0 Å². The Hall–Kier alpha value is -1.26. The van der Waals surface area contributed by atoms with Crippen molar-refractivity contribution in [2.24, 2.45) is 5.73 Å². The first kappa shape index (κ1) is 20.8. The molecule has 0 spiro atoms. The second-order valence-electron chi connectivity index (χ2n) is 6.57. The molecule has 1 saturated carbocycles. The van der Waals surface area contributed by atoms with E-state index >= 15 is 0 Å². The van der Waals surface area contributed by atoms with E-state index in [-0.39, 0.29) is 24.4 Å². The first-order chi connectivity index (χ1) is 11.2. The van der Waals surface area contributed by atoms with Crippen molar-refractivity contribution in [3.63, 3.8) is 0 Å². The van der Waals surface area contributed by atoms with Crippen molar-refractivity contribution in [1.29, 1.82) is 0 Å². The van der Waals surface area contributed by atoms with E-state index in [1.54, 1.807) is 7.11 Å². The molecular formula is C19H31ClN2O2. The fourth-order valence-electron chi connectivity index (χ4n) is 3.57. The predicted octanol–water partition coefficient (Wildman–Crippen LogP) is 3.56. The Labute approximate surface area is 151 Å². The van der Waals surface area contributed by atoms with Gasteiger partial charge < -0.3 is 15.8 Å². The Balaban J connectivity index is 0.00000288. The van der Waals surface area contributed by atoms with Gasteiger partial charge in [0.15, 0.2) is 0 Å². The normalized spacial score (nSPS) is 17.0. The standard InChI is InChI=1S/C19H30N2O2.ClH/c1-3-4-9-16(14-20)21-18(22)19(11-5-6-12-19)15-8-7-10-17(13-15)23-2;/h7-8,10,13,16H,3-6,9,11-12,14,20H2,1-2H3,(H,21,22);1H. The maximum atomic E-state index is 13.1. The van der Waals surface area contributed by atoms with Crippen LogP contribution in [0.4, 0.5) is 0 Å². The number of carbonyl (C=O) groups is 1. The van der Waals surface area contributed by atoms with Gasteiger partial charge in [-0.05, 0) is 37.0 Å². The minimum atomic E-state index is -0.422. The van der Waals surface area contributed by atoms with E-state index in [2.05, 4.69) is 18.3 Å². The summed E-state index contributed by atoms with van der Waals surface area (Å²) in [6.07, 6.45) is 7.14. The summed E-state index contributed by atoms with van der Waals surface area (Å²) in [6.45, 7) is 2.66. The lowest BCUT2D eigenvalue weighted by molar-refractivity contribution is -0.127. The van der Waals surface area contributed by atoms with Crippen LogP contribution in [0.15, 0.2) is 24.3 Å². The lowest BCUT2D eigenvalue weighted by atomic mass is 9.77. The Morgan fingerprint density at radius 1 is 1.38 bits per heavy atom. The number of hydrogen-bond acceptors (Lipinski definition) is 3. The molecule has 0 bridgehead atoms. The van der Waals surface area contributed by atoms with Crippen LogP contribution in [-0.4, -0.2) is 25.6 Å². The summed E-state index contributed by atoms with van der Waals surface area (Å²) in [5.41, 5.74) is 6.50. The van der Waals surface area contributed by atoms with Crippen LogP contribution in [0.25, 0.3) is 0 Å². The van der Waals surface area contributed by atoms with E-state index in [9.17, 15) is 4.79 Å². The molecular weight excluding hydrogens is 324 g/mol. The molecule has 1 fully saturated rings. The molecule has 5 heteroatoms. The van der Waals surface area contributed by atoms with Gasteiger partial charge in [0.25, 0.3) is 0 Å². The number of carbonyl (C=O) groups excluding carboxylic acids is 1. The van der Waals surface area contributed by atoms with Crippen molar-refractivity contribution >= 4 is 18.3 Å². The number of rotatable bonds is 8. The molecule has 1 aliphatic rings. The van der Waals surface area contributed by atoms with E-state index in [1.165, 1.54) is 0 Å². The van der Waals surface area contributed by atoms with Crippen LogP contribution in [0, 0.1) is 0 Å². The van der Waals surface area contributed by atoms with E-state index in [1.807, 2.05) is 18.2 Å². The molecule has 1 aromatic carbocycles. The van der Waals surface area contributed by atoms with Gasteiger partial charge in [-0.1, -0.05) is 44.7 Å². The van der Waals surface area contributed by atoms with Gasteiger partial charge in [-0.25, -0.2) is 0 Å². The minimum absolute atomic E-state index is 0. The average Bonchev–Trinajstić information content (AvgIpc) is 3.09. The number of nitrogens with two attached hydrogens (primary N) is 1. The average molecular weight is 355 g/mol. The largest absolute Gasteiger partial charge is 0.497 e. The van der Waals surface area contributed by atoms with Crippen LogP contribution in [-0.2, 0) is 10.2 Å². The molecule has 1 unspecified atom stereocenters. The van der Waals surface area contributed by atoms with Gasteiger partial charge in [0.1, 0.15) is 5.75 Å². The fraction of sp³-hybridized carbons (Fsp3) is 0.632. The third kappa shape index (κ3) is 4.64. The van der Waals surface area contributed by atoms with Crippen molar-refractivity contribution in [3.05, 3.63) is 29.8 Å². The fourth-order valence-corrected chi connectivity index (χ4v) is 3.57. The zero-order valence-corrected chi connectivity index (χ0v) is 15.7. The van der Waals surface area contributed by atoms with Crippen molar-refractivity contribution in [2.45, 2.75) is 63.3 Å². The van der Waals surface area contributed by atoms with Crippen LogP contribution < -0.4 is 15.8 Å². The van der Waals surface area contributed by atoms with Gasteiger partial charge in [0.05, 0.1) is 12.5 Å². The van der Waals surface area contributed by atoms with Crippen LogP contribution in [0.5, 0.6) is 5.75 Å². The molecule has 0 heterocycles. The van der Waals surface area contributed by atoms with Crippen LogP contribution in [0.1, 0.15) is 57.4 Å². The maximum Gasteiger partial charge on any atom is 0.230 e. The van der Waals surface area contributed by atoms with Crippen molar-refractivity contribution < 1.29 is 9.53 Å². The number of ether oxygens (including phenoxy) is 1. The molecule has 2 rings (SSSR count). The number of halogens is 1. The highest BCUT2D eigenvalue weighted by atomic mass is 35.5. The molecule has 3 N–H and O–H groups in total. The van der Waals surface area contributed by atoms with Gasteiger partial charge in [0, 0.05) is 12.6 Å². The Kier molecular flexibility index (Phi) is 8.57. The molecule has 1 aromatic rings. The zero-order valence-electron chi connectivity index (χ0n) is 14.8. The minimum Gasteiger partial charge on any atom is -0.497 e. The summed E-state index contributed by atoms with van der Waals surface area (Å²) in [5, 5.41) is 3.22. The van der Waals surface area contributed by atoms with Gasteiger partial charge in [-0.3, -0.25) is 4.79 Å². The second-order valence-corrected chi connectivity index (χ2v) is 6.57. The molecule has 1 atom stereocenters. The summed E-state index contributed by atoms with van der Waals surface area (Å²) in [7, 11) is 1.66. The lowest BCUT2D eigenvalue weighted by Crippen LogP contribution is -2.49. The summed E-state index contributed by atoms with van der Waals surface area (Å²) in [6, 6.07) is 8.03. The van der Waals surface area contributed by atoms with Gasteiger partial charge in [0.2, 0.25) is 5.91 Å². The monoisotopic (exact) mass is 354 g/mol. The quantitative estimate of drug-likeness (QED) is 0.750. The van der Waals surface area contributed by atoms with Gasteiger partial charge in [-0.15, -0.1) is 12.4 Å². The van der Waals surface area contributed by atoms with E-state index in [0.29, 0.717) is 6.54 Å². The topological polar surface area (TPSA) is 64.3 Å². The molecule has 1 amide bonds. The van der Waals surface area contributed by atoms with Crippen molar-refractivity contribution in [1.82, 2.24) is 5.32 Å². The van der Waals surface area contributed by atoms with E-state index in [4.69, 9.17) is 10.5 Å². The SMILES string of the molecule is CCCCC(CN)NC(=O)C1(c2cccc(OC)c2)CCCC1.Cl. The predicted molar refractivity (Wildman–Crippen MR) is 101 cm³/mol. The number of amides is 1. The number of hydrogen-bond donors (Lipinski definition) is 2. The third-order valence-corrected chi connectivity index (χ3v) is 5.04. The smallest absolute Gasteiger partial charge is 0.230 e. The number of methoxy groups -OCH3 is 1. The highest BCUT2D eigenvalue weighted by Gasteiger charge is 2.43. The van der Waals surface area contributed by atoms with Crippen molar-refractivity contribution in [3.8, 4) is 5.75 Å². The summed E-state index contributed by atoms with van der Waals surface area (Å²) in [5.74, 6) is 0.942. The number of unbranched alkanes of at least 4 members (excludes halogenated alkanes) is 1.